The van der Waals surface area contributed by atoms with Crippen LogP contribution in [0.25, 0.3) is 0 Å². The Morgan fingerprint density at radius 1 is 1.15 bits per heavy atom. The van der Waals surface area contributed by atoms with Crippen LogP contribution in [0.15, 0.2) is 4.99 Å². The van der Waals surface area contributed by atoms with Crippen molar-refractivity contribution in [2.45, 2.75) is 51.5 Å². The van der Waals surface area contributed by atoms with E-state index in [1.54, 1.807) is 0 Å². The molecule has 2 aliphatic rings. The zero-order valence-corrected chi connectivity index (χ0v) is 19.4. The summed E-state index contributed by atoms with van der Waals surface area (Å²) in [4.78, 5) is 20.5. The molecule has 0 spiro atoms. The van der Waals surface area contributed by atoms with E-state index in [1.807, 2.05) is 7.05 Å². The highest BCUT2D eigenvalue weighted by molar-refractivity contribution is 14.0. The smallest absolute Gasteiger partial charge is 0.220 e. The molecule has 1 unspecified atom stereocenters. The van der Waals surface area contributed by atoms with Gasteiger partial charge in [-0.2, -0.15) is 0 Å². The summed E-state index contributed by atoms with van der Waals surface area (Å²) >= 11 is 0. The van der Waals surface area contributed by atoms with Crippen LogP contribution in [0, 0.1) is 5.92 Å². The van der Waals surface area contributed by atoms with Crippen molar-refractivity contribution in [2.75, 3.05) is 52.9 Å². The van der Waals surface area contributed by atoms with Crippen molar-refractivity contribution < 1.29 is 4.79 Å². The predicted molar refractivity (Wildman–Crippen MR) is 123 cm³/mol. The number of hydrogen-bond acceptors (Lipinski definition) is 4. The summed E-state index contributed by atoms with van der Waals surface area (Å²) in [5, 5.41) is 6.90. The number of guanidine groups is 1. The fourth-order valence-corrected chi connectivity index (χ4v) is 4.09. The first kappa shape index (κ1) is 24.4. The van der Waals surface area contributed by atoms with Gasteiger partial charge in [0.25, 0.3) is 0 Å². The van der Waals surface area contributed by atoms with Gasteiger partial charge in [-0.3, -0.25) is 14.7 Å². The Kier molecular flexibility index (Phi) is 12.3. The van der Waals surface area contributed by atoms with Crippen LogP contribution in [0.2, 0.25) is 0 Å². The van der Waals surface area contributed by atoms with E-state index in [9.17, 15) is 4.79 Å². The second-order valence-electron chi connectivity index (χ2n) is 7.53. The number of likely N-dealkylation sites (tertiary alicyclic amines) is 2. The Morgan fingerprint density at radius 2 is 1.89 bits per heavy atom. The normalized spacial score (nSPS) is 22.4. The van der Waals surface area contributed by atoms with Gasteiger partial charge in [0.05, 0.1) is 0 Å². The molecule has 2 heterocycles. The summed E-state index contributed by atoms with van der Waals surface area (Å²) in [6.07, 6.45) is 6.71. The molecule has 8 heteroatoms. The van der Waals surface area contributed by atoms with Crippen LogP contribution in [0.4, 0.5) is 0 Å². The molecule has 4 N–H and O–H groups in total. The number of hydrogen-bond donors (Lipinski definition) is 3. The van der Waals surface area contributed by atoms with E-state index >= 15 is 0 Å². The van der Waals surface area contributed by atoms with E-state index in [1.165, 1.54) is 19.4 Å². The van der Waals surface area contributed by atoms with Crippen molar-refractivity contribution in [2.24, 2.45) is 16.6 Å². The average molecular weight is 494 g/mol. The van der Waals surface area contributed by atoms with Gasteiger partial charge in [0, 0.05) is 32.1 Å². The minimum atomic E-state index is -0.132. The summed E-state index contributed by atoms with van der Waals surface area (Å²) in [6.45, 7) is 9.62. The van der Waals surface area contributed by atoms with Gasteiger partial charge in [0.15, 0.2) is 5.96 Å². The first-order valence-corrected chi connectivity index (χ1v) is 10.3. The molecule has 0 aliphatic carbocycles. The maximum Gasteiger partial charge on any atom is 0.220 e. The number of carbonyl (C=O) groups excluding carboxylic acids is 1. The number of unbranched alkanes of at least 4 members (excludes halogenated alkanes) is 1. The van der Waals surface area contributed by atoms with Gasteiger partial charge in [0.2, 0.25) is 5.91 Å². The number of nitrogens with two attached hydrogens (primary N) is 1. The summed E-state index contributed by atoms with van der Waals surface area (Å²) in [5.74, 6) is 0.869. The first-order chi connectivity index (χ1) is 12.6. The topological polar surface area (TPSA) is 86.0 Å². The fraction of sp³-hybridized carbons (Fsp3) is 0.895. The lowest BCUT2D eigenvalue weighted by atomic mass is 9.96. The number of piperidine rings is 1. The zero-order chi connectivity index (χ0) is 18.8. The molecule has 0 saturated carbocycles. The van der Waals surface area contributed by atoms with Crippen molar-refractivity contribution in [1.29, 1.82) is 0 Å². The van der Waals surface area contributed by atoms with Gasteiger partial charge >= 0.3 is 0 Å². The van der Waals surface area contributed by atoms with Gasteiger partial charge in [-0.05, 0) is 71.2 Å². The predicted octanol–water partition coefficient (Wildman–Crippen LogP) is 1.23. The second-order valence-corrected chi connectivity index (χ2v) is 7.53. The monoisotopic (exact) mass is 494 g/mol. The standard InChI is InChI=1S/C19H38N6O.HI/c1-3-25-12-6-7-17(25)15-23-19(21-2)22-10-4-5-11-24-13-8-16(9-14-24)18(20)26;/h16-17H,3-15H2,1-2H3,(H2,20,26)(H2,21,22,23);1H. The van der Waals surface area contributed by atoms with Gasteiger partial charge in [0.1, 0.15) is 0 Å². The number of rotatable bonds is 9. The Morgan fingerprint density at radius 3 is 2.52 bits per heavy atom. The van der Waals surface area contributed by atoms with E-state index in [-0.39, 0.29) is 35.8 Å². The number of nitrogens with zero attached hydrogens (tertiary/aromatic N) is 3. The molecule has 0 bridgehead atoms. The zero-order valence-electron chi connectivity index (χ0n) is 17.1. The second kappa shape index (κ2) is 13.5. The highest BCUT2D eigenvalue weighted by Crippen LogP contribution is 2.17. The van der Waals surface area contributed by atoms with Crippen molar-refractivity contribution in [1.82, 2.24) is 20.4 Å². The Balaban J connectivity index is 0.00000364. The number of nitrogens with one attached hydrogen (secondary N) is 2. The van der Waals surface area contributed by atoms with Crippen LogP contribution < -0.4 is 16.4 Å². The molecule has 2 fully saturated rings. The van der Waals surface area contributed by atoms with Crippen LogP contribution in [0.3, 0.4) is 0 Å². The van der Waals surface area contributed by atoms with Crippen molar-refractivity contribution in [3.63, 3.8) is 0 Å². The Labute approximate surface area is 181 Å². The SMILES string of the molecule is CCN1CCCC1CNC(=NC)NCCCCN1CCC(C(N)=O)CC1.I. The maximum atomic E-state index is 11.2. The summed E-state index contributed by atoms with van der Waals surface area (Å²) in [7, 11) is 1.84. The molecule has 158 valence electrons. The quantitative estimate of drug-likeness (QED) is 0.194. The molecule has 0 aromatic rings. The molecule has 27 heavy (non-hydrogen) atoms. The highest BCUT2D eigenvalue weighted by atomic mass is 127. The summed E-state index contributed by atoms with van der Waals surface area (Å²) < 4.78 is 0. The summed E-state index contributed by atoms with van der Waals surface area (Å²) in [5.41, 5.74) is 5.39. The van der Waals surface area contributed by atoms with Gasteiger partial charge in [-0.1, -0.05) is 6.92 Å². The molecular weight excluding hydrogens is 455 g/mol. The molecule has 0 aromatic heterocycles. The minimum Gasteiger partial charge on any atom is -0.369 e. The number of aliphatic imine (C=N–C) groups is 1. The van der Waals surface area contributed by atoms with Crippen LogP contribution in [-0.4, -0.2) is 80.6 Å². The van der Waals surface area contributed by atoms with Gasteiger partial charge in [-0.25, -0.2) is 0 Å². The number of carbonyl (C=O) groups is 1. The molecule has 7 nitrogen and oxygen atoms in total. The Bertz CT molecular complexity index is 453. The maximum absolute atomic E-state index is 11.2. The third kappa shape index (κ3) is 8.51. The van der Waals surface area contributed by atoms with E-state index in [4.69, 9.17) is 5.73 Å². The highest BCUT2D eigenvalue weighted by Gasteiger charge is 2.23. The molecular formula is C19H39IN6O. The lowest BCUT2D eigenvalue weighted by Gasteiger charge is -2.30. The fourth-order valence-electron chi connectivity index (χ4n) is 4.09. The van der Waals surface area contributed by atoms with Crippen LogP contribution in [-0.2, 0) is 4.79 Å². The number of amides is 1. The van der Waals surface area contributed by atoms with Crippen molar-refractivity contribution >= 4 is 35.8 Å². The minimum absolute atomic E-state index is 0. The number of halogens is 1. The molecule has 2 saturated heterocycles. The molecule has 2 aliphatic heterocycles. The number of likely N-dealkylation sites (N-methyl/N-ethyl adjacent to an activating group) is 1. The molecule has 1 atom stereocenters. The third-order valence-corrected chi connectivity index (χ3v) is 5.82. The first-order valence-electron chi connectivity index (χ1n) is 10.3. The van der Waals surface area contributed by atoms with E-state index in [0.717, 1.165) is 70.9 Å². The largest absolute Gasteiger partial charge is 0.369 e. The molecule has 1 amide bonds. The van der Waals surface area contributed by atoms with Crippen LogP contribution >= 0.6 is 24.0 Å². The van der Waals surface area contributed by atoms with Crippen LogP contribution in [0.1, 0.15) is 45.4 Å². The van der Waals surface area contributed by atoms with Crippen LogP contribution in [0.5, 0.6) is 0 Å². The average Bonchev–Trinajstić information content (AvgIpc) is 3.12. The van der Waals surface area contributed by atoms with Gasteiger partial charge < -0.3 is 21.3 Å². The van der Waals surface area contributed by atoms with E-state index in [0.29, 0.717) is 6.04 Å². The Hall–Kier alpha value is -0.610. The lowest BCUT2D eigenvalue weighted by molar-refractivity contribution is -0.123. The van der Waals surface area contributed by atoms with Gasteiger partial charge in [-0.15, -0.1) is 24.0 Å². The van der Waals surface area contributed by atoms with Crippen molar-refractivity contribution in [3.8, 4) is 0 Å². The van der Waals surface area contributed by atoms with E-state index in [2.05, 4.69) is 32.3 Å². The lowest BCUT2D eigenvalue weighted by Crippen LogP contribution is -2.45. The van der Waals surface area contributed by atoms with E-state index < -0.39 is 0 Å². The number of primary amides is 1. The van der Waals surface area contributed by atoms with Crippen molar-refractivity contribution in [3.05, 3.63) is 0 Å². The molecule has 2 rings (SSSR count). The summed E-state index contributed by atoms with van der Waals surface area (Å²) in [6, 6.07) is 0.641. The molecule has 0 aromatic carbocycles. The third-order valence-electron chi connectivity index (χ3n) is 5.82. The molecule has 0 radical (unpaired) electrons.